The summed E-state index contributed by atoms with van der Waals surface area (Å²) in [6.45, 7) is 7.99. The molecule has 0 aromatic heterocycles. The van der Waals surface area contributed by atoms with Gasteiger partial charge in [-0.1, -0.05) is 37.6 Å². The van der Waals surface area contributed by atoms with E-state index in [1.165, 1.54) is 0 Å². The number of methoxy groups -OCH3 is 1. The highest BCUT2D eigenvalue weighted by molar-refractivity contribution is 6.33. The molecule has 150 valence electrons. The molecule has 1 N–H and O–H groups in total. The van der Waals surface area contributed by atoms with E-state index in [4.69, 9.17) is 21.1 Å². The molecule has 0 fully saturated rings. The van der Waals surface area contributed by atoms with Crippen molar-refractivity contribution in [2.45, 2.75) is 46.5 Å². The minimum atomic E-state index is -0.582. The molecule has 1 atom stereocenters. The van der Waals surface area contributed by atoms with Gasteiger partial charge in [0, 0.05) is 29.3 Å². The number of rotatable bonds is 4. The topological polar surface area (TPSA) is 64.6 Å². The normalized spacial score (nSPS) is 21.2. The first-order chi connectivity index (χ1) is 13.2. The number of allylic oxidation sites excluding steroid dienone is 3. The number of esters is 1. The van der Waals surface area contributed by atoms with E-state index < -0.39 is 11.9 Å². The SMILES string of the molecule is CCOC(=O)C1=C(C)NC2=C(C(=O)CC(C)(C)C2)C1c1cccc(OC)c1Cl. The molecule has 0 spiro atoms. The highest BCUT2D eigenvalue weighted by Crippen LogP contribution is 2.49. The summed E-state index contributed by atoms with van der Waals surface area (Å²) in [6, 6.07) is 5.41. The molecule has 1 aliphatic heterocycles. The largest absolute Gasteiger partial charge is 0.495 e. The Hall–Kier alpha value is -2.27. The zero-order valence-electron chi connectivity index (χ0n) is 16.9. The number of hydrogen-bond donors (Lipinski definition) is 1. The molecule has 0 saturated heterocycles. The van der Waals surface area contributed by atoms with Crippen LogP contribution < -0.4 is 10.1 Å². The second-order valence-electron chi connectivity index (χ2n) is 8.01. The van der Waals surface area contributed by atoms with Gasteiger partial charge in [0.25, 0.3) is 0 Å². The Morgan fingerprint density at radius 1 is 1.32 bits per heavy atom. The number of benzene rings is 1. The van der Waals surface area contributed by atoms with Gasteiger partial charge in [0.2, 0.25) is 0 Å². The number of ether oxygens (including phenoxy) is 2. The van der Waals surface area contributed by atoms with Crippen molar-refractivity contribution < 1.29 is 19.1 Å². The van der Waals surface area contributed by atoms with Crippen LogP contribution in [0.25, 0.3) is 0 Å². The fourth-order valence-electron chi connectivity index (χ4n) is 4.13. The van der Waals surface area contributed by atoms with Crippen LogP contribution in [0.2, 0.25) is 5.02 Å². The molecule has 2 aliphatic rings. The average Bonchev–Trinajstić information content (AvgIpc) is 2.59. The Labute approximate surface area is 170 Å². The van der Waals surface area contributed by atoms with Crippen LogP contribution in [0.5, 0.6) is 5.75 Å². The first-order valence-electron chi connectivity index (χ1n) is 9.43. The molecule has 1 heterocycles. The van der Waals surface area contributed by atoms with E-state index >= 15 is 0 Å². The lowest BCUT2D eigenvalue weighted by molar-refractivity contribution is -0.138. The number of nitrogens with one attached hydrogen (secondary N) is 1. The van der Waals surface area contributed by atoms with E-state index in [1.54, 1.807) is 20.1 Å². The maximum Gasteiger partial charge on any atom is 0.336 e. The molecule has 0 saturated carbocycles. The predicted molar refractivity (Wildman–Crippen MR) is 108 cm³/mol. The quantitative estimate of drug-likeness (QED) is 0.749. The molecule has 0 amide bonds. The molecule has 0 bridgehead atoms. The fraction of sp³-hybridized carbons (Fsp3) is 0.455. The van der Waals surface area contributed by atoms with Gasteiger partial charge in [-0.05, 0) is 37.3 Å². The number of ketones is 1. The first-order valence-corrected chi connectivity index (χ1v) is 9.81. The van der Waals surface area contributed by atoms with Crippen molar-refractivity contribution in [2.24, 2.45) is 5.41 Å². The highest BCUT2D eigenvalue weighted by atomic mass is 35.5. The van der Waals surface area contributed by atoms with Gasteiger partial charge >= 0.3 is 5.97 Å². The molecule has 6 heteroatoms. The van der Waals surface area contributed by atoms with Crippen molar-refractivity contribution in [3.05, 3.63) is 51.3 Å². The van der Waals surface area contributed by atoms with Crippen LogP contribution in [0, 0.1) is 5.41 Å². The summed E-state index contributed by atoms with van der Waals surface area (Å²) in [6.07, 6.45) is 1.14. The van der Waals surface area contributed by atoms with Crippen LogP contribution in [0.3, 0.4) is 0 Å². The lowest BCUT2D eigenvalue weighted by atomic mass is 9.68. The monoisotopic (exact) mass is 403 g/mol. The van der Waals surface area contributed by atoms with Gasteiger partial charge in [-0.25, -0.2) is 4.79 Å². The lowest BCUT2D eigenvalue weighted by Gasteiger charge is -2.39. The van der Waals surface area contributed by atoms with E-state index in [9.17, 15) is 9.59 Å². The summed E-state index contributed by atoms with van der Waals surface area (Å²) in [5.74, 6) is -0.497. The van der Waals surface area contributed by atoms with Crippen LogP contribution in [0.4, 0.5) is 0 Å². The second-order valence-corrected chi connectivity index (χ2v) is 8.39. The van der Waals surface area contributed by atoms with Gasteiger partial charge in [0.05, 0.1) is 24.3 Å². The van der Waals surface area contributed by atoms with Crippen LogP contribution in [0.1, 0.15) is 52.0 Å². The highest BCUT2D eigenvalue weighted by Gasteiger charge is 2.43. The van der Waals surface area contributed by atoms with Crippen molar-refractivity contribution in [1.29, 1.82) is 0 Å². The van der Waals surface area contributed by atoms with Crippen LogP contribution in [0.15, 0.2) is 40.7 Å². The van der Waals surface area contributed by atoms with E-state index in [2.05, 4.69) is 19.2 Å². The molecule has 1 aliphatic carbocycles. The average molecular weight is 404 g/mol. The van der Waals surface area contributed by atoms with Gasteiger partial charge in [-0.15, -0.1) is 0 Å². The van der Waals surface area contributed by atoms with Gasteiger partial charge in [0.15, 0.2) is 5.78 Å². The molecule has 28 heavy (non-hydrogen) atoms. The number of carbonyl (C=O) groups is 2. The zero-order chi connectivity index (χ0) is 20.6. The van der Waals surface area contributed by atoms with Crippen molar-refractivity contribution >= 4 is 23.4 Å². The van der Waals surface area contributed by atoms with Crippen LogP contribution in [-0.2, 0) is 14.3 Å². The Morgan fingerprint density at radius 3 is 2.68 bits per heavy atom. The molecule has 1 unspecified atom stereocenters. The number of hydrogen-bond acceptors (Lipinski definition) is 5. The second kappa shape index (κ2) is 7.63. The van der Waals surface area contributed by atoms with Crippen LogP contribution in [-0.4, -0.2) is 25.5 Å². The Balaban J connectivity index is 2.24. The number of halogens is 1. The minimum Gasteiger partial charge on any atom is -0.495 e. The van der Waals surface area contributed by atoms with Gasteiger partial charge in [-0.2, -0.15) is 0 Å². The van der Waals surface area contributed by atoms with Crippen molar-refractivity contribution in [1.82, 2.24) is 5.32 Å². The molecule has 1 aromatic rings. The van der Waals surface area contributed by atoms with Crippen LogP contribution >= 0.6 is 11.6 Å². The smallest absolute Gasteiger partial charge is 0.336 e. The van der Waals surface area contributed by atoms with Crippen molar-refractivity contribution in [3.63, 3.8) is 0 Å². The molecule has 5 nitrogen and oxygen atoms in total. The fourth-order valence-corrected chi connectivity index (χ4v) is 4.45. The summed E-state index contributed by atoms with van der Waals surface area (Å²) in [5, 5.41) is 3.70. The third-order valence-corrected chi connectivity index (χ3v) is 5.66. The van der Waals surface area contributed by atoms with Gasteiger partial charge < -0.3 is 14.8 Å². The summed E-state index contributed by atoms with van der Waals surface area (Å²) in [4.78, 5) is 26.0. The molecule has 3 rings (SSSR count). The summed E-state index contributed by atoms with van der Waals surface area (Å²) in [5.41, 5.74) is 3.09. The Kier molecular flexibility index (Phi) is 5.57. The zero-order valence-corrected chi connectivity index (χ0v) is 17.7. The molecule has 1 aromatic carbocycles. The minimum absolute atomic E-state index is 0.0249. The molecular weight excluding hydrogens is 378 g/mol. The van der Waals surface area contributed by atoms with Gasteiger partial charge in [0.1, 0.15) is 5.75 Å². The number of Topliss-reactive ketones (excluding diaryl/α,β-unsaturated/α-hetero) is 1. The van der Waals surface area contributed by atoms with Crippen molar-refractivity contribution in [3.8, 4) is 5.75 Å². The maximum atomic E-state index is 13.2. The van der Waals surface area contributed by atoms with E-state index in [-0.39, 0.29) is 17.8 Å². The number of dihydropyridines is 1. The summed E-state index contributed by atoms with van der Waals surface area (Å²) < 4.78 is 10.7. The first kappa shape index (κ1) is 20.5. The third kappa shape index (κ3) is 3.55. The van der Waals surface area contributed by atoms with E-state index in [1.807, 2.05) is 19.1 Å². The van der Waals surface area contributed by atoms with E-state index in [0.717, 1.165) is 12.1 Å². The molecular formula is C22H26ClNO4. The van der Waals surface area contributed by atoms with E-state index in [0.29, 0.717) is 39.6 Å². The third-order valence-electron chi connectivity index (χ3n) is 5.26. The Morgan fingerprint density at radius 2 is 2.04 bits per heavy atom. The maximum absolute atomic E-state index is 13.2. The molecule has 0 radical (unpaired) electrons. The van der Waals surface area contributed by atoms with Gasteiger partial charge in [-0.3, -0.25) is 4.79 Å². The summed E-state index contributed by atoms with van der Waals surface area (Å²) >= 11 is 6.62. The predicted octanol–water partition coefficient (Wildman–Crippen LogP) is 4.52. The Bertz CT molecular complexity index is 898. The lowest BCUT2D eigenvalue weighted by Crippen LogP contribution is -2.38. The van der Waals surface area contributed by atoms with Crippen molar-refractivity contribution in [2.75, 3.05) is 13.7 Å². The number of carbonyl (C=O) groups excluding carboxylic acids is 2. The standard InChI is InChI=1S/C22H26ClNO4/c1-6-28-21(26)17-12(2)24-14-10-22(3,4)11-15(25)19(14)18(17)13-8-7-9-16(27-5)20(13)23/h7-9,18,24H,6,10-11H2,1-5H3. The summed E-state index contributed by atoms with van der Waals surface area (Å²) in [7, 11) is 1.54.